The van der Waals surface area contributed by atoms with Crippen LogP contribution in [-0.4, -0.2) is 28.4 Å². The zero-order valence-corrected chi connectivity index (χ0v) is 9.52. The maximum absolute atomic E-state index is 11.7. The molecule has 86 valence electrons. The van der Waals surface area contributed by atoms with Crippen molar-refractivity contribution in [3.8, 4) is 11.5 Å². The Kier molecular flexibility index (Phi) is 2.96. The van der Waals surface area contributed by atoms with Crippen molar-refractivity contribution in [1.29, 1.82) is 0 Å². The Morgan fingerprint density at radius 2 is 1.94 bits per heavy atom. The second kappa shape index (κ2) is 4.25. The molecule has 1 aromatic carbocycles. The molecule has 0 saturated carbocycles. The van der Waals surface area contributed by atoms with Gasteiger partial charge >= 0.3 is 0 Å². The number of hydrogen-bond acceptors (Lipinski definition) is 4. The number of amides is 1. The van der Waals surface area contributed by atoms with E-state index in [1.54, 1.807) is 4.90 Å². The fraction of sp³-hybridized carbons (Fsp3) is 0.364. The molecule has 0 aromatic heterocycles. The van der Waals surface area contributed by atoms with Crippen LogP contribution in [0.3, 0.4) is 0 Å². The SMILES string of the molecule is O=C1CC(CS)CN1c1cc(O)cc(O)c1. The molecule has 0 spiro atoms. The molecule has 1 fully saturated rings. The molecule has 1 aliphatic rings. The maximum Gasteiger partial charge on any atom is 0.227 e. The largest absolute Gasteiger partial charge is 0.508 e. The van der Waals surface area contributed by atoms with Crippen LogP contribution in [-0.2, 0) is 4.79 Å². The van der Waals surface area contributed by atoms with Gasteiger partial charge in [0.25, 0.3) is 0 Å². The zero-order chi connectivity index (χ0) is 11.7. The third-order valence-corrected chi connectivity index (χ3v) is 3.18. The van der Waals surface area contributed by atoms with E-state index in [1.165, 1.54) is 18.2 Å². The van der Waals surface area contributed by atoms with E-state index in [0.29, 0.717) is 24.4 Å². The van der Waals surface area contributed by atoms with Gasteiger partial charge in [0.2, 0.25) is 5.91 Å². The summed E-state index contributed by atoms with van der Waals surface area (Å²) in [6.45, 7) is 0.589. The van der Waals surface area contributed by atoms with Gasteiger partial charge in [-0.1, -0.05) is 0 Å². The fourth-order valence-corrected chi connectivity index (χ4v) is 2.13. The summed E-state index contributed by atoms with van der Waals surface area (Å²) in [5.74, 6) is 0.811. The number of phenolic OH excluding ortho intramolecular Hbond substituents is 2. The Bertz CT molecular complexity index is 401. The molecule has 0 bridgehead atoms. The van der Waals surface area contributed by atoms with E-state index in [-0.39, 0.29) is 23.3 Å². The molecule has 16 heavy (non-hydrogen) atoms. The summed E-state index contributed by atoms with van der Waals surface area (Å²) >= 11 is 4.17. The molecule has 0 aliphatic carbocycles. The molecule has 4 nitrogen and oxygen atoms in total. The highest BCUT2D eigenvalue weighted by Gasteiger charge is 2.29. The van der Waals surface area contributed by atoms with E-state index in [2.05, 4.69) is 12.6 Å². The zero-order valence-electron chi connectivity index (χ0n) is 8.63. The van der Waals surface area contributed by atoms with Gasteiger partial charge in [-0.25, -0.2) is 0 Å². The molecule has 5 heteroatoms. The van der Waals surface area contributed by atoms with Gasteiger partial charge in [-0.05, 0) is 11.7 Å². The number of anilines is 1. The average Bonchev–Trinajstić information content (AvgIpc) is 2.58. The van der Waals surface area contributed by atoms with Crippen molar-refractivity contribution in [1.82, 2.24) is 0 Å². The number of hydrogen-bond donors (Lipinski definition) is 3. The topological polar surface area (TPSA) is 60.8 Å². The molecular formula is C11H13NO3S. The summed E-state index contributed by atoms with van der Waals surface area (Å²) in [5, 5.41) is 18.7. The molecule has 1 aromatic rings. The van der Waals surface area contributed by atoms with E-state index in [4.69, 9.17) is 0 Å². The van der Waals surface area contributed by atoms with Crippen LogP contribution in [0.25, 0.3) is 0 Å². The van der Waals surface area contributed by atoms with E-state index in [9.17, 15) is 15.0 Å². The molecule has 2 rings (SSSR count). The first-order chi connectivity index (χ1) is 7.60. The van der Waals surface area contributed by atoms with Crippen LogP contribution in [0.5, 0.6) is 11.5 Å². The Hall–Kier alpha value is -1.36. The van der Waals surface area contributed by atoms with Crippen LogP contribution in [0.1, 0.15) is 6.42 Å². The molecule has 2 N–H and O–H groups in total. The Labute approximate surface area is 98.9 Å². The molecule has 1 amide bonds. The van der Waals surface area contributed by atoms with E-state index >= 15 is 0 Å². The second-order valence-electron chi connectivity index (χ2n) is 3.96. The van der Waals surface area contributed by atoms with Crippen molar-refractivity contribution < 1.29 is 15.0 Å². The van der Waals surface area contributed by atoms with Crippen molar-refractivity contribution in [3.63, 3.8) is 0 Å². The Morgan fingerprint density at radius 1 is 1.31 bits per heavy atom. The third-order valence-electron chi connectivity index (χ3n) is 2.66. The number of carbonyl (C=O) groups excluding carboxylic acids is 1. The lowest BCUT2D eigenvalue weighted by molar-refractivity contribution is -0.117. The predicted molar refractivity (Wildman–Crippen MR) is 64.1 cm³/mol. The van der Waals surface area contributed by atoms with E-state index < -0.39 is 0 Å². The number of thiol groups is 1. The number of aromatic hydroxyl groups is 2. The first-order valence-electron chi connectivity index (χ1n) is 5.04. The van der Waals surface area contributed by atoms with Crippen molar-refractivity contribution in [2.75, 3.05) is 17.2 Å². The first kappa shape index (κ1) is 11.1. The second-order valence-corrected chi connectivity index (χ2v) is 4.33. The molecule has 1 heterocycles. The average molecular weight is 239 g/mol. The quantitative estimate of drug-likeness (QED) is 0.683. The number of carbonyl (C=O) groups is 1. The van der Waals surface area contributed by atoms with Crippen molar-refractivity contribution in [2.24, 2.45) is 5.92 Å². The normalized spacial score (nSPS) is 20.4. The highest BCUT2D eigenvalue weighted by Crippen LogP contribution is 2.31. The van der Waals surface area contributed by atoms with Crippen LogP contribution in [0.2, 0.25) is 0 Å². The lowest BCUT2D eigenvalue weighted by Gasteiger charge is -2.16. The van der Waals surface area contributed by atoms with Crippen LogP contribution in [0.4, 0.5) is 5.69 Å². The molecular weight excluding hydrogens is 226 g/mol. The number of rotatable bonds is 2. The smallest absolute Gasteiger partial charge is 0.227 e. The fourth-order valence-electron chi connectivity index (χ4n) is 1.89. The van der Waals surface area contributed by atoms with Crippen molar-refractivity contribution >= 4 is 24.2 Å². The predicted octanol–water partition coefficient (Wildman–Crippen LogP) is 1.38. The minimum atomic E-state index is -0.0443. The number of nitrogens with zero attached hydrogens (tertiary/aromatic N) is 1. The van der Waals surface area contributed by atoms with Gasteiger partial charge in [-0.15, -0.1) is 0 Å². The summed E-state index contributed by atoms with van der Waals surface area (Å²) in [6.07, 6.45) is 0.472. The minimum absolute atomic E-state index is 0.00375. The van der Waals surface area contributed by atoms with E-state index in [1.807, 2.05) is 0 Å². The van der Waals surface area contributed by atoms with Gasteiger partial charge in [0.15, 0.2) is 0 Å². The Morgan fingerprint density at radius 3 is 2.44 bits per heavy atom. The summed E-state index contributed by atoms with van der Waals surface area (Å²) < 4.78 is 0. The summed E-state index contributed by atoms with van der Waals surface area (Å²) in [7, 11) is 0. The van der Waals surface area contributed by atoms with Crippen LogP contribution in [0, 0.1) is 5.92 Å². The Balaban J connectivity index is 2.27. The van der Waals surface area contributed by atoms with Crippen molar-refractivity contribution in [2.45, 2.75) is 6.42 Å². The van der Waals surface area contributed by atoms with Gasteiger partial charge in [0, 0.05) is 31.2 Å². The number of phenols is 2. The van der Waals surface area contributed by atoms with Gasteiger partial charge < -0.3 is 15.1 Å². The van der Waals surface area contributed by atoms with Gasteiger partial charge in [0.1, 0.15) is 11.5 Å². The first-order valence-corrected chi connectivity index (χ1v) is 5.67. The van der Waals surface area contributed by atoms with Crippen LogP contribution in [0.15, 0.2) is 18.2 Å². The highest BCUT2D eigenvalue weighted by molar-refractivity contribution is 7.80. The maximum atomic E-state index is 11.7. The van der Waals surface area contributed by atoms with E-state index in [0.717, 1.165) is 0 Å². The lowest BCUT2D eigenvalue weighted by Crippen LogP contribution is -2.24. The van der Waals surface area contributed by atoms with Gasteiger partial charge in [-0.2, -0.15) is 12.6 Å². The van der Waals surface area contributed by atoms with Gasteiger partial charge in [-0.3, -0.25) is 4.79 Å². The minimum Gasteiger partial charge on any atom is -0.508 e. The van der Waals surface area contributed by atoms with Crippen LogP contribution < -0.4 is 4.90 Å². The number of benzene rings is 1. The summed E-state index contributed by atoms with van der Waals surface area (Å²) in [4.78, 5) is 13.3. The lowest BCUT2D eigenvalue weighted by atomic mass is 10.1. The summed E-state index contributed by atoms with van der Waals surface area (Å²) in [6, 6.07) is 4.18. The molecule has 1 saturated heterocycles. The highest BCUT2D eigenvalue weighted by atomic mass is 32.1. The molecule has 1 unspecified atom stereocenters. The van der Waals surface area contributed by atoms with Crippen LogP contribution >= 0.6 is 12.6 Å². The monoisotopic (exact) mass is 239 g/mol. The summed E-state index contributed by atoms with van der Waals surface area (Å²) in [5.41, 5.74) is 0.534. The van der Waals surface area contributed by atoms with Gasteiger partial charge in [0.05, 0.1) is 5.69 Å². The standard InChI is InChI=1S/C11H13NO3S/c13-9-2-8(3-10(14)4-9)12-5-7(6-16)1-11(12)15/h2-4,7,13-14,16H,1,5-6H2. The molecule has 1 aliphatic heterocycles. The van der Waals surface area contributed by atoms with Crippen molar-refractivity contribution in [3.05, 3.63) is 18.2 Å². The molecule has 0 radical (unpaired) electrons. The third kappa shape index (κ3) is 2.09. The molecule has 1 atom stereocenters.